The lowest BCUT2D eigenvalue weighted by atomic mass is 10.00. The Morgan fingerprint density at radius 3 is 2.44 bits per heavy atom. The van der Waals surface area contributed by atoms with E-state index in [9.17, 15) is 0 Å². The monoisotopic (exact) mass is 378 g/mol. The largest absolute Gasteiger partial charge is 0.411 e. The third-order valence-electron chi connectivity index (χ3n) is 4.12. The number of hydrogen-bond donors (Lipinski definition) is 0. The van der Waals surface area contributed by atoms with Crippen LogP contribution in [-0.2, 0) is 5.75 Å². The van der Waals surface area contributed by atoms with Crippen LogP contribution in [0.5, 0.6) is 0 Å². The molecular weight excluding hydrogens is 360 g/mol. The molecule has 2 heterocycles. The molecule has 0 atom stereocenters. The fourth-order valence-corrected chi connectivity index (χ4v) is 3.63. The van der Waals surface area contributed by atoms with Crippen LogP contribution in [0.3, 0.4) is 0 Å². The molecule has 0 radical (unpaired) electrons. The number of aromatic nitrogens is 4. The number of hydrogen-bond acceptors (Lipinski definition) is 7. The van der Waals surface area contributed by atoms with Crippen LogP contribution in [0, 0.1) is 20.8 Å². The van der Waals surface area contributed by atoms with E-state index in [0.717, 1.165) is 22.3 Å². The Bertz CT molecular complexity index is 1050. The fraction of sp³-hybridized carbons (Fsp3) is 0.200. The number of rotatable bonds is 5. The average Bonchev–Trinajstić information content (AvgIpc) is 3.29. The van der Waals surface area contributed by atoms with Crippen molar-refractivity contribution in [3.05, 3.63) is 65.0 Å². The van der Waals surface area contributed by atoms with Crippen molar-refractivity contribution < 1.29 is 8.94 Å². The third-order valence-corrected chi connectivity index (χ3v) is 4.92. The molecule has 0 saturated heterocycles. The van der Waals surface area contributed by atoms with Crippen molar-refractivity contribution in [2.45, 2.75) is 31.7 Å². The van der Waals surface area contributed by atoms with Gasteiger partial charge in [-0.3, -0.25) is 0 Å². The minimum absolute atomic E-state index is 0.466. The molecule has 4 aromatic rings. The van der Waals surface area contributed by atoms with Gasteiger partial charge in [-0.25, -0.2) is 0 Å². The first-order chi connectivity index (χ1) is 13.1. The van der Waals surface area contributed by atoms with Crippen molar-refractivity contribution >= 4 is 11.8 Å². The molecule has 6 nitrogen and oxygen atoms in total. The van der Waals surface area contributed by atoms with E-state index >= 15 is 0 Å². The summed E-state index contributed by atoms with van der Waals surface area (Å²) in [5.74, 6) is 2.08. The van der Waals surface area contributed by atoms with Gasteiger partial charge in [-0.2, -0.15) is 4.98 Å². The van der Waals surface area contributed by atoms with E-state index in [1.54, 1.807) is 0 Å². The van der Waals surface area contributed by atoms with Crippen molar-refractivity contribution in [2.24, 2.45) is 0 Å². The quantitative estimate of drug-likeness (QED) is 0.452. The average molecular weight is 378 g/mol. The van der Waals surface area contributed by atoms with Gasteiger partial charge in [0.05, 0.1) is 5.75 Å². The topological polar surface area (TPSA) is 77.8 Å². The molecule has 0 aliphatic carbocycles. The molecule has 7 heteroatoms. The van der Waals surface area contributed by atoms with E-state index in [4.69, 9.17) is 8.94 Å². The first-order valence-electron chi connectivity index (χ1n) is 8.52. The maximum Gasteiger partial charge on any atom is 0.277 e. The second-order valence-corrected chi connectivity index (χ2v) is 7.24. The molecule has 0 aliphatic rings. The van der Waals surface area contributed by atoms with Gasteiger partial charge in [0, 0.05) is 11.1 Å². The summed E-state index contributed by atoms with van der Waals surface area (Å²) >= 11 is 1.38. The molecule has 0 N–H and O–H groups in total. The second kappa shape index (κ2) is 7.36. The fourth-order valence-electron chi connectivity index (χ4n) is 3.03. The SMILES string of the molecule is Cc1cc(C)c(-c2nnc(SCc3nc(-c4ccccc4)no3)o2)c(C)c1. The van der Waals surface area contributed by atoms with Crippen LogP contribution in [0.25, 0.3) is 22.8 Å². The minimum atomic E-state index is 0.466. The summed E-state index contributed by atoms with van der Waals surface area (Å²) in [7, 11) is 0. The standard InChI is InChI=1S/C20H18N4O2S/c1-12-9-13(2)17(14(3)10-12)19-22-23-20(25-19)27-11-16-21-18(24-26-16)15-7-5-4-6-8-15/h4-10H,11H2,1-3H3. The van der Waals surface area contributed by atoms with Gasteiger partial charge in [0.15, 0.2) is 0 Å². The van der Waals surface area contributed by atoms with Crippen molar-refractivity contribution in [3.63, 3.8) is 0 Å². The van der Waals surface area contributed by atoms with Crippen LogP contribution >= 0.6 is 11.8 Å². The normalized spacial score (nSPS) is 11.1. The Kier molecular flexibility index (Phi) is 4.77. The molecule has 0 saturated carbocycles. The zero-order chi connectivity index (χ0) is 18.8. The lowest BCUT2D eigenvalue weighted by Crippen LogP contribution is -1.90. The summed E-state index contributed by atoms with van der Waals surface area (Å²) in [5.41, 5.74) is 5.37. The lowest BCUT2D eigenvalue weighted by molar-refractivity contribution is 0.391. The Labute approximate surface area is 161 Å². The van der Waals surface area contributed by atoms with E-state index in [1.807, 2.05) is 30.3 Å². The number of benzene rings is 2. The molecule has 0 amide bonds. The van der Waals surface area contributed by atoms with Gasteiger partial charge in [0.1, 0.15) is 0 Å². The van der Waals surface area contributed by atoms with Gasteiger partial charge in [-0.05, 0) is 31.9 Å². The first kappa shape index (κ1) is 17.5. The molecule has 0 aliphatic heterocycles. The van der Waals surface area contributed by atoms with Gasteiger partial charge in [-0.1, -0.05) is 64.9 Å². The zero-order valence-corrected chi connectivity index (χ0v) is 16.1. The molecule has 0 unspecified atom stereocenters. The highest BCUT2D eigenvalue weighted by molar-refractivity contribution is 7.98. The summed E-state index contributed by atoms with van der Waals surface area (Å²) in [6.45, 7) is 6.18. The third kappa shape index (κ3) is 3.78. The minimum Gasteiger partial charge on any atom is -0.411 e. The van der Waals surface area contributed by atoms with E-state index in [-0.39, 0.29) is 0 Å². The van der Waals surface area contributed by atoms with Gasteiger partial charge in [-0.15, -0.1) is 10.2 Å². The second-order valence-electron chi connectivity index (χ2n) is 6.31. The predicted octanol–water partition coefficient (Wildman–Crippen LogP) is 5.00. The van der Waals surface area contributed by atoms with E-state index in [2.05, 4.69) is 53.2 Å². The van der Waals surface area contributed by atoms with Crippen molar-refractivity contribution in [2.75, 3.05) is 0 Å². The summed E-state index contributed by atoms with van der Waals surface area (Å²) in [6.07, 6.45) is 0. The lowest BCUT2D eigenvalue weighted by Gasteiger charge is -2.06. The number of aryl methyl sites for hydroxylation is 3. The summed E-state index contributed by atoms with van der Waals surface area (Å²) in [6, 6.07) is 13.9. The molecule has 0 spiro atoms. The van der Waals surface area contributed by atoms with Crippen LogP contribution in [0.1, 0.15) is 22.6 Å². The molecule has 0 fully saturated rings. The molecule has 2 aromatic heterocycles. The number of nitrogens with zero attached hydrogens (tertiary/aromatic N) is 4. The van der Waals surface area contributed by atoms with Gasteiger partial charge in [0.25, 0.3) is 5.22 Å². The van der Waals surface area contributed by atoms with Gasteiger partial charge >= 0.3 is 0 Å². The highest BCUT2D eigenvalue weighted by Gasteiger charge is 2.16. The van der Waals surface area contributed by atoms with Gasteiger partial charge in [0.2, 0.25) is 17.6 Å². The Balaban J connectivity index is 1.47. The highest BCUT2D eigenvalue weighted by Crippen LogP contribution is 2.30. The van der Waals surface area contributed by atoms with Gasteiger partial charge < -0.3 is 8.94 Å². The van der Waals surface area contributed by atoms with Crippen LogP contribution < -0.4 is 0 Å². The van der Waals surface area contributed by atoms with E-state index in [0.29, 0.717) is 28.6 Å². The van der Waals surface area contributed by atoms with Crippen molar-refractivity contribution in [3.8, 4) is 22.8 Å². The van der Waals surface area contributed by atoms with Crippen LogP contribution in [0.15, 0.2) is 56.6 Å². The summed E-state index contributed by atoms with van der Waals surface area (Å²) < 4.78 is 11.1. The Hall–Kier alpha value is -2.93. The molecule has 27 heavy (non-hydrogen) atoms. The maximum atomic E-state index is 5.84. The first-order valence-corrected chi connectivity index (χ1v) is 9.51. The zero-order valence-electron chi connectivity index (χ0n) is 15.3. The molecule has 4 rings (SSSR count). The smallest absolute Gasteiger partial charge is 0.277 e. The molecule has 136 valence electrons. The van der Waals surface area contributed by atoms with Crippen LogP contribution in [0.4, 0.5) is 0 Å². The van der Waals surface area contributed by atoms with E-state index < -0.39 is 0 Å². The summed E-state index contributed by atoms with van der Waals surface area (Å²) in [5, 5.41) is 12.8. The van der Waals surface area contributed by atoms with E-state index in [1.165, 1.54) is 17.3 Å². The Morgan fingerprint density at radius 1 is 0.963 bits per heavy atom. The maximum absolute atomic E-state index is 5.84. The summed E-state index contributed by atoms with van der Waals surface area (Å²) in [4.78, 5) is 4.41. The molecule has 0 bridgehead atoms. The number of thioether (sulfide) groups is 1. The molecular formula is C20H18N4O2S. The highest BCUT2D eigenvalue weighted by atomic mass is 32.2. The predicted molar refractivity (Wildman–Crippen MR) is 103 cm³/mol. The van der Waals surface area contributed by atoms with Crippen LogP contribution in [0.2, 0.25) is 0 Å². The molecule has 2 aromatic carbocycles. The van der Waals surface area contributed by atoms with Crippen molar-refractivity contribution in [1.29, 1.82) is 0 Å². The Morgan fingerprint density at radius 2 is 1.70 bits per heavy atom. The van der Waals surface area contributed by atoms with Crippen molar-refractivity contribution in [1.82, 2.24) is 20.3 Å². The van der Waals surface area contributed by atoms with Crippen LogP contribution in [-0.4, -0.2) is 20.3 Å².